The van der Waals surface area contributed by atoms with E-state index in [4.69, 9.17) is 4.74 Å². The summed E-state index contributed by atoms with van der Waals surface area (Å²) in [7, 11) is -1.35. The van der Waals surface area contributed by atoms with Crippen LogP contribution in [0.1, 0.15) is 35.6 Å². The third-order valence-corrected chi connectivity index (χ3v) is 6.93. The minimum Gasteiger partial charge on any atom is -0.373 e. The number of hydroxylamine groups is 2. The second-order valence-corrected chi connectivity index (χ2v) is 8.90. The van der Waals surface area contributed by atoms with Gasteiger partial charge in [0.25, 0.3) is 0 Å². The zero-order chi connectivity index (χ0) is 21.5. The van der Waals surface area contributed by atoms with Crippen LogP contribution in [0, 0.1) is 12.7 Å². The van der Waals surface area contributed by atoms with Crippen LogP contribution >= 0.6 is 0 Å². The van der Waals surface area contributed by atoms with Gasteiger partial charge in [-0.15, -0.1) is 0 Å². The van der Waals surface area contributed by atoms with Crippen molar-refractivity contribution in [3.8, 4) is 0 Å². The largest absolute Gasteiger partial charge is 0.373 e. The Hall–Kier alpha value is -2.13. The lowest BCUT2D eigenvalue weighted by atomic mass is 10.1. The molecule has 162 valence electrons. The first-order valence-corrected chi connectivity index (χ1v) is 11.2. The average molecular weight is 435 g/mol. The number of ether oxygens (including phenoxy) is 1. The molecule has 2 aromatic carbocycles. The molecule has 1 saturated heterocycles. The Morgan fingerprint density at radius 3 is 2.63 bits per heavy atom. The minimum atomic E-state index is -1.35. The third kappa shape index (κ3) is 5.95. The Morgan fingerprint density at radius 1 is 1.27 bits per heavy atom. The second kappa shape index (κ2) is 10.8. The summed E-state index contributed by atoms with van der Waals surface area (Å²) in [6.07, 6.45) is 1.79. The van der Waals surface area contributed by atoms with Gasteiger partial charge in [-0.1, -0.05) is 36.4 Å². The number of hydrogen-bond donors (Lipinski definition) is 1. The van der Waals surface area contributed by atoms with Gasteiger partial charge in [0.15, 0.2) is 0 Å². The molecule has 0 spiro atoms. The molecular formula is C22H27FN2O4S. The molecule has 0 aromatic heterocycles. The van der Waals surface area contributed by atoms with Gasteiger partial charge < -0.3 is 4.74 Å². The predicted molar refractivity (Wildman–Crippen MR) is 112 cm³/mol. The highest BCUT2D eigenvalue weighted by atomic mass is 32.2. The van der Waals surface area contributed by atoms with Gasteiger partial charge in [-0.05, 0) is 48.6 Å². The van der Waals surface area contributed by atoms with Gasteiger partial charge in [-0.2, -0.15) is 0 Å². The number of benzene rings is 2. The molecule has 8 heteroatoms. The molecule has 1 amide bonds. The molecule has 0 saturated carbocycles. The maximum Gasteiger partial charge on any atom is 0.233 e. The quantitative estimate of drug-likeness (QED) is 0.373. The first-order chi connectivity index (χ1) is 14.5. The summed E-state index contributed by atoms with van der Waals surface area (Å²) in [5.41, 5.74) is 2.55. The van der Waals surface area contributed by atoms with Crippen LogP contribution < -0.4 is 0 Å². The number of amides is 1. The summed E-state index contributed by atoms with van der Waals surface area (Å²) < 4.78 is 34.1. The fourth-order valence-corrected chi connectivity index (χ4v) is 4.96. The molecule has 1 aliphatic heterocycles. The SMILES string of the molecule is Cc1ccc(F)cc1COC1CCN(S(=O)CC(c2ccccc2)N(O)C=O)CC1. The fraction of sp³-hybridized carbons (Fsp3) is 0.409. The smallest absolute Gasteiger partial charge is 0.233 e. The summed E-state index contributed by atoms with van der Waals surface area (Å²) >= 11 is 0. The summed E-state index contributed by atoms with van der Waals surface area (Å²) in [5, 5.41) is 10.5. The van der Waals surface area contributed by atoms with E-state index < -0.39 is 17.0 Å². The van der Waals surface area contributed by atoms with E-state index in [9.17, 15) is 18.6 Å². The Balaban J connectivity index is 1.52. The Morgan fingerprint density at radius 2 is 1.97 bits per heavy atom. The molecular weight excluding hydrogens is 407 g/mol. The molecule has 3 rings (SSSR count). The standard InChI is InChI=1S/C22H27FN2O4S/c1-17-7-8-20(23)13-19(17)14-29-21-9-11-24(12-10-21)30(28)15-22(25(27)16-26)18-5-3-2-4-6-18/h2-8,13,16,21-22,27H,9-12,14-15H2,1H3. The molecule has 1 fully saturated rings. The highest BCUT2D eigenvalue weighted by Crippen LogP contribution is 2.23. The number of rotatable bonds is 9. The van der Waals surface area contributed by atoms with Crippen LogP contribution in [0.5, 0.6) is 0 Å². The van der Waals surface area contributed by atoms with Gasteiger partial charge in [0.2, 0.25) is 6.41 Å². The van der Waals surface area contributed by atoms with Crippen LogP contribution in [0.3, 0.4) is 0 Å². The van der Waals surface area contributed by atoms with Crippen LogP contribution in [0.15, 0.2) is 48.5 Å². The Kier molecular flexibility index (Phi) is 8.09. The number of carbonyl (C=O) groups is 1. The summed E-state index contributed by atoms with van der Waals surface area (Å²) in [6.45, 7) is 3.46. The number of carbonyl (C=O) groups excluding carboxylic acids is 1. The maximum atomic E-state index is 13.4. The van der Waals surface area contributed by atoms with E-state index in [0.717, 1.165) is 16.7 Å². The number of nitrogens with zero attached hydrogens (tertiary/aromatic N) is 2. The summed E-state index contributed by atoms with van der Waals surface area (Å²) in [6, 6.07) is 13.1. The first-order valence-electron chi connectivity index (χ1n) is 9.95. The van der Waals surface area contributed by atoms with Crippen molar-refractivity contribution in [2.45, 2.75) is 38.5 Å². The van der Waals surface area contributed by atoms with Gasteiger partial charge in [-0.3, -0.25) is 10.0 Å². The molecule has 1 N–H and O–H groups in total. The molecule has 6 nitrogen and oxygen atoms in total. The van der Waals surface area contributed by atoms with Crippen molar-refractivity contribution < 1.29 is 23.3 Å². The summed E-state index contributed by atoms with van der Waals surface area (Å²) in [4.78, 5) is 11.1. The zero-order valence-corrected chi connectivity index (χ0v) is 17.8. The second-order valence-electron chi connectivity index (χ2n) is 7.41. The number of halogens is 1. The van der Waals surface area contributed by atoms with Crippen LogP contribution in [-0.4, -0.2) is 50.1 Å². The van der Waals surface area contributed by atoms with Crippen LogP contribution in [0.25, 0.3) is 0 Å². The highest BCUT2D eigenvalue weighted by Gasteiger charge is 2.27. The van der Waals surface area contributed by atoms with Gasteiger partial charge in [-0.25, -0.2) is 18.0 Å². The third-order valence-electron chi connectivity index (χ3n) is 5.39. The Bertz CT molecular complexity index is 859. The van der Waals surface area contributed by atoms with Crippen molar-refractivity contribution in [2.75, 3.05) is 18.8 Å². The minimum absolute atomic E-state index is 0.0233. The maximum absolute atomic E-state index is 13.4. The lowest BCUT2D eigenvalue weighted by Crippen LogP contribution is -2.41. The van der Waals surface area contributed by atoms with Crippen molar-refractivity contribution in [1.29, 1.82) is 0 Å². The van der Waals surface area contributed by atoms with E-state index in [1.54, 1.807) is 18.2 Å². The molecule has 2 aromatic rings. The fourth-order valence-electron chi connectivity index (χ4n) is 3.52. The van der Waals surface area contributed by atoms with Crippen molar-refractivity contribution in [3.63, 3.8) is 0 Å². The van der Waals surface area contributed by atoms with Crippen molar-refractivity contribution >= 4 is 17.4 Å². The van der Waals surface area contributed by atoms with E-state index in [1.807, 2.05) is 29.4 Å². The van der Waals surface area contributed by atoms with Gasteiger partial charge in [0.1, 0.15) is 5.82 Å². The molecule has 2 unspecified atom stereocenters. The van der Waals surface area contributed by atoms with Gasteiger partial charge >= 0.3 is 0 Å². The lowest BCUT2D eigenvalue weighted by molar-refractivity contribution is -0.158. The van der Waals surface area contributed by atoms with E-state index in [0.29, 0.717) is 44.0 Å². The van der Waals surface area contributed by atoms with E-state index in [1.165, 1.54) is 12.1 Å². The lowest BCUT2D eigenvalue weighted by Gasteiger charge is -2.32. The first kappa shape index (κ1) is 22.6. The highest BCUT2D eigenvalue weighted by molar-refractivity contribution is 7.82. The van der Waals surface area contributed by atoms with Gasteiger partial charge in [0.05, 0.1) is 35.5 Å². The number of aryl methyl sites for hydroxylation is 1. The normalized spacial score (nSPS) is 17.4. The average Bonchev–Trinajstić information content (AvgIpc) is 2.78. The predicted octanol–water partition coefficient (Wildman–Crippen LogP) is 3.37. The van der Waals surface area contributed by atoms with Crippen molar-refractivity contribution in [1.82, 2.24) is 9.37 Å². The van der Waals surface area contributed by atoms with Gasteiger partial charge in [0, 0.05) is 13.1 Å². The zero-order valence-electron chi connectivity index (χ0n) is 16.9. The molecule has 2 atom stereocenters. The van der Waals surface area contributed by atoms with Crippen LogP contribution in [0.2, 0.25) is 0 Å². The molecule has 1 heterocycles. The van der Waals surface area contributed by atoms with Crippen molar-refractivity contribution in [3.05, 3.63) is 71.0 Å². The molecule has 0 radical (unpaired) electrons. The summed E-state index contributed by atoms with van der Waals surface area (Å²) in [5.74, 6) is -0.154. The number of piperidine rings is 1. The molecule has 0 aliphatic carbocycles. The van der Waals surface area contributed by atoms with E-state index in [2.05, 4.69) is 0 Å². The number of hydrogen-bond acceptors (Lipinski definition) is 4. The van der Waals surface area contributed by atoms with Crippen LogP contribution in [-0.2, 0) is 27.1 Å². The topological polar surface area (TPSA) is 70.1 Å². The monoisotopic (exact) mass is 434 g/mol. The van der Waals surface area contributed by atoms with Crippen molar-refractivity contribution in [2.24, 2.45) is 0 Å². The van der Waals surface area contributed by atoms with E-state index in [-0.39, 0.29) is 17.7 Å². The molecule has 1 aliphatic rings. The Labute approximate surface area is 178 Å². The van der Waals surface area contributed by atoms with Crippen LogP contribution in [0.4, 0.5) is 4.39 Å². The molecule has 0 bridgehead atoms. The molecule has 30 heavy (non-hydrogen) atoms. The van der Waals surface area contributed by atoms with E-state index >= 15 is 0 Å².